The van der Waals surface area contributed by atoms with Crippen molar-refractivity contribution < 1.29 is 28.9 Å². The van der Waals surface area contributed by atoms with Gasteiger partial charge in [-0.25, -0.2) is 14.6 Å². The van der Waals surface area contributed by atoms with Crippen LogP contribution in [0.4, 0.5) is 0 Å². The molecule has 1 atom stereocenters. The summed E-state index contributed by atoms with van der Waals surface area (Å²) in [6.07, 6.45) is 3.69. The van der Waals surface area contributed by atoms with Crippen LogP contribution >= 0.6 is 45.7 Å². The minimum absolute atomic E-state index is 0.199. The van der Waals surface area contributed by atoms with Crippen molar-refractivity contribution >= 4 is 63.7 Å². The standard InChI is InChI=1S/C27H25IN2O7S2/c1-5-36-26(34)22-14(2)29-27-30(23(22)16-6-8-17(38-4)9-7-16)25(33)20(39-27)12-15-10-18(28)24(19(11-15)35-3)37-13-21(31)32/h6-12,23H,5,13H2,1-4H3,(H,31,32)/b20-12-/t23-/m0/s1. The number of thiazole rings is 1. The summed E-state index contributed by atoms with van der Waals surface area (Å²) < 4.78 is 18.7. The van der Waals surface area contributed by atoms with Crippen LogP contribution in [0.2, 0.25) is 0 Å². The van der Waals surface area contributed by atoms with Gasteiger partial charge in [0.25, 0.3) is 5.56 Å². The SMILES string of the molecule is CCOC(=O)C1=C(C)N=c2s/c(=C\c3cc(I)c(OCC(=O)O)c(OC)c3)c(=O)n2[C@H]1c1ccc(SC)cc1. The smallest absolute Gasteiger partial charge is 0.341 e. The van der Waals surface area contributed by atoms with Crippen LogP contribution in [0.3, 0.4) is 0 Å². The Bertz CT molecular complexity index is 1640. The number of ether oxygens (including phenoxy) is 3. The summed E-state index contributed by atoms with van der Waals surface area (Å²) >= 11 is 4.85. The van der Waals surface area contributed by atoms with Crippen molar-refractivity contribution in [1.29, 1.82) is 0 Å². The Morgan fingerprint density at radius 3 is 2.59 bits per heavy atom. The molecule has 204 valence electrons. The van der Waals surface area contributed by atoms with E-state index in [0.29, 0.717) is 41.2 Å². The van der Waals surface area contributed by atoms with Crippen molar-refractivity contribution in [3.63, 3.8) is 0 Å². The predicted molar refractivity (Wildman–Crippen MR) is 157 cm³/mol. The topological polar surface area (TPSA) is 116 Å². The lowest BCUT2D eigenvalue weighted by Gasteiger charge is -2.24. The number of carbonyl (C=O) groups excluding carboxylic acids is 1. The van der Waals surface area contributed by atoms with Gasteiger partial charge in [0.05, 0.1) is 39.1 Å². The van der Waals surface area contributed by atoms with Crippen LogP contribution in [0.15, 0.2) is 62.4 Å². The molecule has 0 amide bonds. The molecule has 1 aromatic heterocycles. The van der Waals surface area contributed by atoms with Gasteiger partial charge in [0.15, 0.2) is 22.9 Å². The van der Waals surface area contributed by atoms with Gasteiger partial charge in [-0.2, -0.15) is 0 Å². The number of allylic oxidation sites excluding steroid dienone is 1. The molecule has 1 aliphatic rings. The van der Waals surface area contributed by atoms with Gasteiger partial charge >= 0.3 is 11.9 Å². The highest BCUT2D eigenvalue weighted by molar-refractivity contribution is 14.1. The summed E-state index contributed by atoms with van der Waals surface area (Å²) in [5.74, 6) is -0.965. The van der Waals surface area contributed by atoms with Crippen LogP contribution in [0.1, 0.15) is 31.0 Å². The maximum atomic E-state index is 13.8. The van der Waals surface area contributed by atoms with Crippen molar-refractivity contribution in [1.82, 2.24) is 4.57 Å². The number of halogens is 1. The first kappa shape index (κ1) is 28.9. The number of carboxylic acids is 1. The number of rotatable bonds is 9. The Morgan fingerprint density at radius 2 is 1.97 bits per heavy atom. The first-order valence-electron chi connectivity index (χ1n) is 11.7. The number of thioether (sulfide) groups is 1. The predicted octanol–water partition coefficient (Wildman–Crippen LogP) is 3.60. The number of methoxy groups -OCH3 is 1. The summed E-state index contributed by atoms with van der Waals surface area (Å²) in [6, 6.07) is 10.5. The summed E-state index contributed by atoms with van der Waals surface area (Å²) in [6.45, 7) is 3.17. The molecular formula is C27H25IN2O7S2. The quantitative estimate of drug-likeness (QED) is 0.207. The summed E-state index contributed by atoms with van der Waals surface area (Å²) in [7, 11) is 1.46. The summed E-state index contributed by atoms with van der Waals surface area (Å²) in [5, 5.41) is 8.97. The van der Waals surface area contributed by atoms with Gasteiger partial charge in [-0.15, -0.1) is 11.8 Å². The first-order chi connectivity index (χ1) is 18.7. The molecule has 12 heteroatoms. The number of esters is 1. The van der Waals surface area contributed by atoms with Crippen molar-refractivity contribution in [3.05, 3.63) is 82.1 Å². The number of hydrogen-bond donors (Lipinski definition) is 1. The molecule has 0 unspecified atom stereocenters. The van der Waals surface area contributed by atoms with Gasteiger partial charge < -0.3 is 19.3 Å². The molecule has 4 rings (SSSR count). The maximum Gasteiger partial charge on any atom is 0.341 e. The van der Waals surface area contributed by atoms with E-state index in [-0.39, 0.29) is 12.2 Å². The third-order valence-corrected chi connectivity index (χ3v) is 8.37. The van der Waals surface area contributed by atoms with Crippen LogP contribution in [0.5, 0.6) is 11.5 Å². The zero-order valence-corrected chi connectivity index (χ0v) is 25.3. The average molecular weight is 681 g/mol. The Morgan fingerprint density at radius 1 is 1.26 bits per heavy atom. The summed E-state index contributed by atoms with van der Waals surface area (Å²) in [4.78, 5) is 44.0. The molecule has 1 N–H and O–H groups in total. The normalized spacial score (nSPS) is 15.0. The zero-order valence-electron chi connectivity index (χ0n) is 21.5. The number of carbonyl (C=O) groups is 2. The second-order valence-corrected chi connectivity index (χ2v) is 11.3. The van der Waals surface area contributed by atoms with E-state index in [1.165, 1.54) is 23.0 Å². The Labute approximate surface area is 246 Å². The van der Waals surface area contributed by atoms with E-state index >= 15 is 0 Å². The van der Waals surface area contributed by atoms with Crippen LogP contribution in [-0.4, -0.2) is 48.2 Å². The number of hydrogen-bond acceptors (Lipinski definition) is 9. The van der Waals surface area contributed by atoms with Gasteiger partial charge in [-0.1, -0.05) is 23.5 Å². The minimum Gasteiger partial charge on any atom is -0.493 e. The number of benzene rings is 2. The fraction of sp³-hybridized carbons (Fsp3) is 0.259. The van der Waals surface area contributed by atoms with E-state index in [1.807, 2.05) is 53.1 Å². The average Bonchev–Trinajstić information content (AvgIpc) is 3.20. The fourth-order valence-corrected chi connectivity index (χ4v) is 6.38. The van der Waals surface area contributed by atoms with Crippen LogP contribution < -0.4 is 24.4 Å². The highest BCUT2D eigenvalue weighted by Gasteiger charge is 2.33. The van der Waals surface area contributed by atoms with Crippen LogP contribution in [0.25, 0.3) is 6.08 Å². The van der Waals surface area contributed by atoms with E-state index in [1.54, 1.807) is 43.8 Å². The molecular weight excluding hydrogens is 655 g/mol. The molecule has 9 nitrogen and oxygen atoms in total. The molecule has 0 radical (unpaired) electrons. The first-order valence-corrected chi connectivity index (χ1v) is 14.9. The number of aliphatic carboxylic acids is 1. The van der Waals surface area contributed by atoms with E-state index in [2.05, 4.69) is 4.99 Å². The second-order valence-electron chi connectivity index (χ2n) is 8.29. The molecule has 2 heterocycles. The number of carboxylic acid groups (broad SMARTS) is 1. The highest BCUT2D eigenvalue weighted by atomic mass is 127. The summed E-state index contributed by atoms with van der Waals surface area (Å²) in [5.41, 5.74) is 1.95. The number of nitrogens with zero attached hydrogens (tertiary/aromatic N) is 2. The van der Waals surface area contributed by atoms with Crippen LogP contribution in [0, 0.1) is 3.57 Å². The van der Waals surface area contributed by atoms with Gasteiger partial charge in [0, 0.05) is 4.90 Å². The van der Waals surface area contributed by atoms with Crippen LogP contribution in [-0.2, 0) is 14.3 Å². The molecule has 39 heavy (non-hydrogen) atoms. The number of fused-ring (bicyclic) bond motifs is 1. The largest absolute Gasteiger partial charge is 0.493 e. The van der Waals surface area contributed by atoms with Crippen molar-refractivity contribution in [2.75, 3.05) is 26.6 Å². The van der Waals surface area contributed by atoms with Gasteiger partial charge in [-0.3, -0.25) is 9.36 Å². The Balaban J connectivity index is 1.87. The molecule has 0 saturated carbocycles. The maximum absolute atomic E-state index is 13.8. The second kappa shape index (κ2) is 12.4. The van der Waals surface area contributed by atoms with Gasteiger partial charge in [0.2, 0.25) is 0 Å². The van der Waals surface area contributed by atoms with E-state index in [0.717, 1.165) is 10.5 Å². The molecule has 3 aromatic rings. The minimum atomic E-state index is -1.10. The molecule has 1 aliphatic heterocycles. The molecule has 0 spiro atoms. The molecule has 0 saturated heterocycles. The van der Waals surface area contributed by atoms with E-state index < -0.39 is 24.6 Å². The Hall–Kier alpha value is -3.10. The highest BCUT2D eigenvalue weighted by Crippen LogP contribution is 2.34. The molecule has 0 bridgehead atoms. The third-order valence-electron chi connectivity index (χ3n) is 5.84. The zero-order chi connectivity index (χ0) is 28.3. The lowest BCUT2D eigenvalue weighted by molar-refractivity contribution is -0.140. The van der Waals surface area contributed by atoms with Gasteiger partial charge in [-0.05, 0) is 84.2 Å². The van der Waals surface area contributed by atoms with E-state index in [4.69, 9.17) is 19.3 Å². The number of aromatic nitrogens is 1. The lowest BCUT2D eigenvalue weighted by atomic mass is 9.96. The van der Waals surface area contributed by atoms with Crippen molar-refractivity contribution in [2.45, 2.75) is 24.8 Å². The Kier molecular flexibility index (Phi) is 9.18. The third kappa shape index (κ3) is 6.07. The molecule has 0 aliphatic carbocycles. The molecule has 2 aromatic carbocycles. The lowest BCUT2D eigenvalue weighted by Crippen LogP contribution is -2.39. The van der Waals surface area contributed by atoms with Gasteiger partial charge in [0.1, 0.15) is 0 Å². The van der Waals surface area contributed by atoms with Crippen molar-refractivity contribution in [3.8, 4) is 11.5 Å². The molecule has 0 fully saturated rings. The monoisotopic (exact) mass is 680 g/mol. The van der Waals surface area contributed by atoms with Crippen molar-refractivity contribution in [2.24, 2.45) is 4.99 Å². The van der Waals surface area contributed by atoms with E-state index in [9.17, 15) is 14.4 Å². The fourth-order valence-electron chi connectivity index (χ4n) is 4.14.